The molecular weight excluding hydrogens is 336 g/mol. The van der Waals surface area contributed by atoms with E-state index in [9.17, 15) is 22.8 Å². The Morgan fingerprint density at radius 3 is 2.46 bits per heavy atom. The van der Waals surface area contributed by atoms with Crippen LogP contribution in [-0.4, -0.2) is 50.5 Å². The molecule has 0 aromatic rings. The van der Waals surface area contributed by atoms with Gasteiger partial charge in [-0.1, -0.05) is 19.8 Å². The van der Waals surface area contributed by atoms with Gasteiger partial charge in [0.05, 0.1) is 17.4 Å². The molecule has 9 heteroatoms. The Morgan fingerprint density at radius 2 is 1.83 bits per heavy atom. The van der Waals surface area contributed by atoms with E-state index in [2.05, 4.69) is 17.6 Å². The number of imide groups is 1. The second-order valence-corrected chi connectivity index (χ2v) is 8.83. The molecule has 0 aromatic heterocycles. The second-order valence-electron chi connectivity index (χ2n) is 6.60. The van der Waals surface area contributed by atoms with Crippen LogP contribution in [0.3, 0.4) is 0 Å². The molecule has 8 nitrogen and oxygen atoms in total. The lowest BCUT2D eigenvalue weighted by atomic mass is 9.86. The zero-order chi connectivity index (χ0) is 17.7. The summed E-state index contributed by atoms with van der Waals surface area (Å²) in [5.74, 6) is -2.09. The number of sulfone groups is 1. The average molecular weight is 360 g/mol. The molecule has 3 atom stereocenters. The molecule has 1 aliphatic carbocycles. The first-order valence-electron chi connectivity index (χ1n) is 8.24. The van der Waals surface area contributed by atoms with Crippen LogP contribution in [0.25, 0.3) is 0 Å². The van der Waals surface area contributed by atoms with Gasteiger partial charge in [0.15, 0.2) is 16.4 Å². The van der Waals surface area contributed by atoms with Gasteiger partial charge in [0.2, 0.25) is 0 Å². The van der Waals surface area contributed by atoms with E-state index in [-0.39, 0.29) is 24.0 Å². The van der Waals surface area contributed by atoms with Crippen LogP contribution in [0.1, 0.15) is 39.0 Å². The lowest BCUT2D eigenvalue weighted by Gasteiger charge is -2.29. The normalized spacial score (nSPS) is 28.8. The molecule has 1 aliphatic heterocycles. The van der Waals surface area contributed by atoms with Crippen LogP contribution >= 0.6 is 0 Å². The van der Waals surface area contributed by atoms with E-state index in [4.69, 9.17) is 4.74 Å². The maximum Gasteiger partial charge on any atom is 0.321 e. The highest BCUT2D eigenvalue weighted by atomic mass is 32.2. The average Bonchev–Trinajstić information content (AvgIpc) is 2.87. The van der Waals surface area contributed by atoms with E-state index >= 15 is 0 Å². The lowest BCUT2D eigenvalue weighted by Crippen LogP contribution is -2.48. The number of nitrogens with one attached hydrogen (secondary N) is 2. The van der Waals surface area contributed by atoms with E-state index < -0.39 is 40.3 Å². The molecule has 2 fully saturated rings. The molecule has 1 heterocycles. The van der Waals surface area contributed by atoms with Gasteiger partial charge in [-0.15, -0.1) is 0 Å². The molecule has 136 valence electrons. The molecule has 3 amide bonds. The summed E-state index contributed by atoms with van der Waals surface area (Å²) in [7, 11) is -3.19. The fourth-order valence-electron chi connectivity index (χ4n) is 3.13. The van der Waals surface area contributed by atoms with Crippen molar-refractivity contribution in [3.8, 4) is 0 Å². The van der Waals surface area contributed by atoms with Gasteiger partial charge in [0.1, 0.15) is 0 Å². The minimum absolute atomic E-state index is 0.0396. The highest BCUT2D eigenvalue weighted by Crippen LogP contribution is 2.23. The number of esters is 1. The minimum Gasteiger partial charge on any atom is -0.455 e. The van der Waals surface area contributed by atoms with Gasteiger partial charge in [-0.3, -0.25) is 14.9 Å². The van der Waals surface area contributed by atoms with Crippen LogP contribution in [0.5, 0.6) is 0 Å². The summed E-state index contributed by atoms with van der Waals surface area (Å²) in [6, 6.07) is -0.559. The van der Waals surface area contributed by atoms with Crippen molar-refractivity contribution in [2.24, 2.45) is 11.8 Å². The van der Waals surface area contributed by atoms with Gasteiger partial charge in [-0.2, -0.15) is 0 Å². The third kappa shape index (κ3) is 5.47. The van der Waals surface area contributed by atoms with Crippen LogP contribution in [0, 0.1) is 11.8 Å². The molecule has 3 unspecified atom stereocenters. The van der Waals surface area contributed by atoms with Crippen molar-refractivity contribution in [1.82, 2.24) is 10.6 Å². The number of hydrogen-bond acceptors (Lipinski definition) is 6. The van der Waals surface area contributed by atoms with Gasteiger partial charge in [0.25, 0.3) is 5.91 Å². The highest BCUT2D eigenvalue weighted by Gasteiger charge is 2.34. The summed E-state index contributed by atoms with van der Waals surface area (Å²) < 4.78 is 27.4. The van der Waals surface area contributed by atoms with Crippen molar-refractivity contribution in [2.75, 3.05) is 18.1 Å². The zero-order valence-corrected chi connectivity index (χ0v) is 14.6. The molecular formula is C15H24N2O6S. The number of amides is 3. The number of ether oxygens (including phenoxy) is 1. The van der Waals surface area contributed by atoms with Gasteiger partial charge < -0.3 is 10.1 Å². The Bertz CT molecular complexity index is 603. The Morgan fingerprint density at radius 1 is 1.12 bits per heavy atom. The zero-order valence-electron chi connectivity index (χ0n) is 13.7. The van der Waals surface area contributed by atoms with Gasteiger partial charge >= 0.3 is 12.0 Å². The summed E-state index contributed by atoms with van der Waals surface area (Å²) in [4.78, 5) is 35.2. The third-order valence-electron chi connectivity index (χ3n) is 4.59. The Labute approximate surface area is 141 Å². The molecule has 0 radical (unpaired) electrons. The molecule has 2 N–H and O–H groups in total. The number of carbonyl (C=O) groups excluding carboxylic acids is 3. The van der Waals surface area contributed by atoms with Gasteiger partial charge in [0, 0.05) is 6.04 Å². The molecule has 0 spiro atoms. The van der Waals surface area contributed by atoms with Crippen LogP contribution < -0.4 is 10.6 Å². The molecule has 24 heavy (non-hydrogen) atoms. The predicted molar refractivity (Wildman–Crippen MR) is 85.8 cm³/mol. The van der Waals surface area contributed by atoms with Crippen LogP contribution in [0.2, 0.25) is 0 Å². The first kappa shape index (κ1) is 18.7. The highest BCUT2D eigenvalue weighted by molar-refractivity contribution is 7.91. The van der Waals surface area contributed by atoms with Crippen LogP contribution in [0.15, 0.2) is 0 Å². The van der Waals surface area contributed by atoms with Crippen molar-refractivity contribution in [1.29, 1.82) is 0 Å². The maximum atomic E-state index is 11.8. The minimum atomic E-state index is -3.19. The molecule has 1 saturated carbocycles. The van der Waals surface area contributed by atoms with Gasteiger partial charge in [-0.25, -0.2) is 13.2 Å². The maximum absolute atomic E-state index is 11.8. The van der Waals surface area contributed by atoms with Crippen molar-refractivity contribution in [2.45, 2.75) is 45.1 Å². The first-order chi connectivity index (χ1) is 11.3. The topological polar surface area (TPSA) is 119 Å². The van der Waals surface area contributed by atoms with Crippen molar-refractivity contribution in [3.63, 3.8) is 0 Å². The van der Waals surface area contributed by atoms with E-state index in [1.165, 1.54) is 0 Å². The molecule has 1 saturated heterocycles. The van der Waals surface area contributed by atoms with Crippen LogP contribution in [-0.2, 0) is 24.2 Å². The standard InChI is InChI=1S/C15H24N2O6S/c1-10-4-2-3-5-12(10)16-15(20)17-13(18)8-23-14(19)11-6-7-24(21,22)9-11/h10-12H,2-9H2,1H3,(H2,16,17,18,20). The summed E-state index contributed by atoms with van der Waals surface area (Å²) in [6.07, 6.45) is 4.33. The Balaban J connectivity index is 1.69. The summed E-state index contributed by atoms with van der Waals surface area (Å²) in [5, 5.41) is 4.89. The largest absolute Gasteiger partial charge is 0.455 e. The van der Waals surface area contributed by atoms with E-state index in [1.807, 2.05) is 0 Å². The van der Waals surface area contributed by atoms with Crippen molar-refractivity contribution < 1.29 is 27.5 Å². The summed E-state index contributed by atoms with van der Waals surface area (Å²) >= 11 is 0. The van der Waals surface area contributed by atoms with E-state index in [0.717, 1.165) is 25.7 Å². The fraction of sp³-hybridized carbons (Fsp3) is 0.800. The molecule has 2 aliphatic rings. The first-order valence-corrected chi connectivity index (χ1v) is 10.1. The fourth-order valence-corrected chi connectivity index (χ4v) is 4.86. The smallest absolute Gasteiger partial charge is 0.321 e. The second kappa shape index (κ2) is 7.96. The summed E-state index contributed by atoms with van der Waals surface area (Å²) in [6.45, 7) is 1.46. The molecule has 0 bridgehead atoms. The summed E-state index contributed by atoms with van der Waals surface area (Å²) in [5.41, 5.74) is 0. The van der Waals surface area contributed by atoms with Crippen molar-refractivity contribution >= 4 is 27.7 Å². The van der Waals surface area contributed by atoms with Crippen molar-refractivity contribution in [3.05, 3.63) is 0 Å². The number of carbonyl (C=O) groups is 3. The number of rotatable bonds is 4. The van der Waals surface area contributed by atoms with E-state index in [1.54, 1.807) is 0 Å². The van der Waals surface area contributed by atoms with Crippen LogP contribution in [0.4, 0.5) is 4.79 Å². The predicted octanol–water partition coefficient (Wildman–Crippen LogP) is 0.369. The number of hydrogen-bond donors (Lipinski definition) is 2. The number of urea groups is 1. The lowest BCUT2D eigenvalue weighted by molar-refractivity contribution is -0.151. The van der Waals surface area contributed by atoms with E-state index in [0.29, 0.717) is 5.92 Å². The third-order valence-corrected chi connectivity index (χ3v) is 6.36. The van der Waals surface area contributed by atoms with Gasteiger partial charge in [-0.05, 0) is 25.2 Å². The molecule has 0 aromatic carbocycles. The quantitative estimate of drug-likeness (QED) is 0.699. The SMILES string of the molecule is CC1CCCCC1NC(=O)NC(=O)COC(=O)C1CCS(=O)(=O)C1. The monoisotopic (exact) mass is 360 g/mol. The Kier molecular flexibility index (Phi) is 6.20. The molecule has 2 rings (SSSR count). The Hall–Kier alpha value is -1.64.